The number of halogens is 1. The summed E-state index contributed by atoms with van der Waals surface area (Å²) in [7, 11) is 1.63. The zero-order valence-corrected chi connectivity index (χ0v) is 8.52. The van der Waals surface area contributed by atoms with Crippen LogP contribution >= 0.6 is 15.9 Å². The second-order valence-corrected chi connectivity index (χ2v) is 3.20. The second-order valence-electron chi connectivity index (χ2n) is 2.28. The lowest BCUT2D eigenvalue weighted by Crippen LogP contribution is -2.07. The molecule has 0 aliphatic carbocycles. The summed E-state index contributed by atoms with van der Waals surface area (Å²) in [5.41, 5.74) is 0. The summed E-state index contributed by atoms with van der Waals surface area (Å²) in [5.74, 6) is 0. The van der Waals surface area contributed by atoms with Crippen LogP contribution in [0, 0.1) is 0 Å². The van der Waals surface area contributed by atoms with Gasteiger partial charge in [0.2, 0.25) is 0 Å². The molecule has 4 nitrogen and oxygen atoms in total. The van der Waals surface area contributed by atoms with E-state index >= 15 is 0 Å². The van der Waals surface area contributed by atoms with E-state index in [1.54, 1.807) is 25.7 Å². The first kappa shape index (κ1) is 9.41. The zero-order valence-electron chi connectivity index (χ0n) is 6.94. The van der Waals surface area contributed by atoms with Crippen molar-refractivity contribution >= 4 is 22.1 Å². The van der Waals surface area contributed by atoms with Crippen molar-refractivity contribution in [3.63, 3.8) is 0 Å². The van der Waals surface area contributed by atoms with Crippen molar-refractivity contribution in [2.24, 2.45) is 5.10 Å². The van der Waals surface area contributed by atoms with Crippen molar-refractivity contribution in [3.05, 3.63) is 16.9 Å². The lowest BCUT2D eigenvalue weighted by molar-refractivity contribution is 0.174. The van der Waals surface area contributed by atoms with Gasteiger partial charge in [-0.15, -0.1) is 0 Å². The first-order valence-electron chi connectivity index (χ1n) is 3.50. The minimum atomic E-state index is 0.00738. The first-order chi connectivity index (χ1) is 5.72. The van der Waals surface area contributed by atoms with Crippen LogP contribution in [0.4, 0.5) is 0 Å². The summed E-state index contributed by atoms with van der Waals surface area (Å²) in [6, 6.07) is 0. The molecule has 0 bridgehead atoms. The molecule has 1 aromatic rings. The second kappa shape index (κ2) is 4.37. The SMILES string of the molecule is COC(C)/C=N/n1cc(Br)cn1. The number of hydrogen-bond acceptors (Lipinski definition) is 3. The Hall–Kier alpha value is -0.680. The molecule has 0 aromatic carbocycles. The minimum Gasteiger partial charge on any atom is -0.376 e. The molecule has 1 atom stereocenters. The maximum absolute atomic E-state index is 4.98. The molecule has 66 valence electrons. The van der Waals surface area contributed by atoms with Gasteiger partial charge in [0.15, 0.2) is 0 Å². The van der Waals surface area contributed by atoms with Crippen LogP contribution in [-0.2, 0) is 4.74 Å². The topological polar surface area (TPSA) is 39.4 Å². The third kappa shape index (κ3) is 2.75. The van der Waals surface area contributed by atoms with E-state index in [1.165, 1.54) is 4.79 Å². The van der Waals surface area contributed by atoms with Gasteiger partial charge in [0, 0.05) is 7.11 Å². The van der Waals surface area contributed by atoms with Crippen LogP contribution in [0.1, 0.15) is 6.92 Å². The van der Waals surface area contributed by atoms with Crippen molar-refractivity contribution < 1.29 is 4.74 Å². The van der Waals surface area contributed by atoms with Gasteiger partial charge >= 0.3 is 0 Å². The molecule has 0 fully saturated rings. The molecule has 0 aliphatic rings. The minimum absolute atomic E-state index is 0.00738. The van der Waals surface area contributed by atoms with Gasteiger partial charge in [0.1, 0.15) is 0 Å². The van der Waals surface area contributed by atoms with Crippen LogP contribution in [0.3, 0.4) is 0 Å². The zero-order chi connectivity index (χ0) is 8.97. The average Bonchev–Trinajstić information content (AvgIpc) is 2.47. The van der Waals surface area contributed by atoms with Crippen LogP contribution < -0.4 is 0 Å². The van der Waals surface area contributed by atoms with E-state index in [9.17, 15) is 0 Å². The van der Waals surface area contributed by atoms with Crippen molar-refractivity contribution in [1.29, 1.82) is 0 Å². The smallest absolute Gasteiger partial charge is 0.0912 e. The largest absolute Gasteiger partial charge is 0.376 e. The van der Waals surface area contributed by atoms with Crippen LogP contribution in [-0.4, -0.2) is 29.3 Å². The van der Waals surface area contributed by atoms with Gasteiger partial charge in [0.25, 0.3) is 0 Å². The van der Waals surface area contributed by atoms with E-state index < -0.39 is 0 Å². The molecule has 0 spiro atoms. The number of hydrogen-bond donors (Lipinski definition) is 0. The Morgan fingerprint density at radius 1 is 1.83 bits per heavy atom. The van der Waals surface area contributed by atoms with Gasteiger partial charge in [-0.2, -0.15) is 15.0 Å². The molecule has 0 amide bonds. The monoisotopic (exact) mass is 231 g/mol. The number of ether oxygens (including phenoxy) is 1. The fourth-order valence-electron chi connectivity index (χ4n) is 0.577. The van der Waals surface area contributed by atoms with E-state index in [2.05, 4.69) is 26.1 Å². The lowest BCUT2D eigenvalue weighted by atomic mass is 10.5. The molecular formula is C7H10BrN3O. The van der Waals surface area contributed by atoms with E-state index in [4.69, 9.17) is 4.74 Å². The van der Waals surface area contributed by atoms with E-state index in [1.807, 2.05) is 6.92 Å². The van der Waals surface area contributed by atoms with E-state index in [0.29, 0.717) is 0 Å². The van der Waals surface area contributed by atoms with Crippen LogP contribution in [0.15, 0.2) is 22.0 Å². The molecule has 1 rings (SSSR count). The normalized spacial score (nSPS) is 13.9. The predicted octanol–water partition coefficient (Wildman–Crippen LogP) is 1.51. The third-order valence-corrected chi connectivity index (χ3v) is 1.71. The van der Waals surface area contributed by atoms with Gasteiger partial charge in [-0.1, -0.05) is 0 Å². The van der Waals surface area contributed by atoms with Gasteiger partial charge in [-0.25, -0.2) is 0 Å². The van der Waals surface area contributed by atoms with Crippen LogP contribution in [0.2, 0.25) is 0 Å². The highest BCUT2D eigenvalue weighted by atomic mass is 79.9. The summed E-state index contributed by atoms with van der Waals surface area (Å²) in [5, 5.41) is 7.96. The Bertz CT molecular complexity index is 271. The maximum atomic E-state index is 4.98. The Balaban J connectivity index is 2.57. The summed E-state index contributed by atoms with van der Waals surface area (Å²) in [6.07, 6.45) is 5.13. The van der Waals surface area contributed by atoms with E-state index in [0.717, 1.165) is 4.47 Å². The van der Waals surface area contributed by atoms with Gasteiger partial charge in [0.05, 0.1) is 29.2 Å². The number of nitrogens with zero attached hydrogens (tertiary/aromatic N) is 3. The van der Waals surface area contributed by atoms with Crippen molar-refractivity contribution in [1.82, 2.24) is 9.89 Å². The number of methoxy groups -OCH3 is 1. The Morgan fingerprint density at radius 2 is 2.58 bits per heavy atom. The molecule has 12 heavy (non-hydrogen) atoms. The Labute approximate surface area is 79.3 Å². The highest BCUT2D eigenvalue weighted by Gasteiger charge is 1.93. The molecule has 0 radical (unpaired) electrons. The molecule has 5 heteroatoms. The number of aromatic nitrogens is 2. The van der Waals surface area contributed by atoms with Crippen molar-refractivity contribution in [2.45, 2.75) is 13.0 Å². The molecule has 0 aliphatic heterocycles. The summed E-state index contributed by atoms with van der Waals surface area (Å²) in [6.45, 7) is 1.90. The first-order valence-corrected chi connectivity index (χ1v) is 4.29. The third-order valence-electron chi connectivity index (χ3n) is 1.30. The lowest BCUT2D eigenvalue weighted by Gasteiger charge is -1.99. The highest BCUT2D eigenvalue weighted by Crippen LogP contribution is 2.05. The summed E-state index contributed by atoms with van der Waals surface area (Å²) >= 11 is 3.27. The van der Waals surface area contributed by atoms with Crippen molar-refractivity contribution in [2.75, 3.05) is 7.11 Å². The average molecular weight is 232 g/mol. The summed E-state index contributed by atoms with van der Waals surface area (Å²) < 4.78 is 5.88. The number of rotatable bonds is 3. The quantitative estimate of drug-likeness (QED) is 0.741. The fraction of sp³-hybridized carbons (Fsp3) is 0.429. The summed E-state index contributed by atoms with van der Waals surface area (Å²) in [4.78, 5) is 1.47. The Morgan fingerprint density at radius 3 is 3.08 bits per heavy atom. The Kier molecular flexibility index (Phi) is 3.43. The molecule has 1 aromatic heterocycles. The highest BCUT2D eigenvalue weighted by molar-refractivity contribution is 9.10. The predicted molar refractivity (Wildman–Crippen MR) is 50.3 cm³/mol. The van der Waals surface area contributed by atoms with Crippen molar-refractivity contribution in [3.8, 4) is 0 Å². The molecule has 1 unspecified atom stereocenters. The van der Waals surface area contributed by atoms with Gasteiger partial charge in [-0.05, 0) is 22.9 Å². The standard InChI is InChI=1S/C7H10BrN3O/c1-6(12-2)3-9-11-5-7(8)4-10-11/h3-6H,1-2H3/b9-3+. The maximum Gasteiger partial charge on any atom is 0.0912 e. The fourth-order valence-corrected chi connectivity index (χ4v) is 0.852. The molecule has 0 N–H and O–H groups in total. The molecule has 1 heterocycles. The van der Waals surface area contributed by atoms with Gasteiger partial charge in [-0.3, -0.25) is 0 Å². The molecule has 0 saturated carbocycles. The van der Waals surface area contributed by atoms with Crippen LogP contribution in [0.5, 0.6) is 0 Å². The van der Waals surface area contributed by atoms with E-state index in [-0.39, 0.29) is 6.10 Å². The van der Waals surface area contributed by atoms with Gasteiger partial charge < -0.3 is 4.74 Å². The molecular weight excluding hydrogens is 222 g/mol. The molecule has 0 saturated heterocycles. The van der Waals surface area contributed by atoms with Crippen LogP contribution in [0.25, 0.3) is 0 Å².